The van der Waals surface area contributed by atoms with Crippen molar-refractivity contribution in [3.8, 4) is 11.5 Å². The first-order chi connectivity index (χ1) is 11.2. The highest BCUT2D eigenvalue weighted by Gasteiger charge is 2.12. The summed E-state index contributed by atoms with van der Waals surface area (Å²) in [5.41, 5.74) is 2.44. The lowest BCUT2D eigenvalue weighted by molar-refractivity contribution is 0.286. The molecule has 0 amide bonds. The third-order valence-corrected chi connectivity index (χ3v) is 4.16. The third kappa shape index (κ3) is 4.98. The lowest BCUT2D eigenvalue weighted by Crippen LogP contribution is -2.18. The minimum atomic E-state index is 0.289. The summed E-state index contributed by atoms with van der Waals surface area (Å²) in [7, 11) is 0. The van der Waals surface area contributed by atoms with Crippen LogP contribution < -0.4 is 14.8 Å². The van der Waals surface area contributed by atoms with E-state index in [0.717, 1.165) is 28.1 Å². The summed E-state index contributed by atoms with van der Waals surface area (Å²) in [5, 5.41) is 3.55. The van der Waals surface area contributed by atoms with Gasteiger partial charge in [0.05, 0.1) is 17.7 Å². The Balaban J connectivity index is 2.10. The van der Waals surface area contributed by atoms with Crippen LogP contribution in [0.25, 0.3) is 0 Å². The van der Waals surface area contributed by atoms with Crippen LogP contribution in [-0.4, -0.2) is 13.2 Å². The van der Waals surface area contributed by atoms with Gasteiger partial charge in [0.2, 0.25) is 0 Å². The quantitative estimate of drug-likeness (QED) is 0.694. The molecular weight excluding hydrogens is 354 g/mol. The number of ether oxygens (including phenoxy) is 2. The first kappa shape index (κ1) is 17.8. The van der Waals surface area contributed by atoms with E-state index in [1.807, 2.05) is 26.0 Å². The highest BCUT2D eigenvalue weighted by Crippen LogP contribution is 2.37. The second-order valence-corrected chi connectivity index (χ2v) is 6.14. The molecule has 3 nitrogen and oxygen atoms in total. The molecule has 0 aliphatic heterocycles. The zero-order valence-corrected chi connectivity index (χ0v) is 15.5. The largest absolute Gasteiger partial charge is 0.490 e. The molecule has 2 rings (SSSR count). The Hall–Kier alpha value is -1.52. The van der Waals surface area contributed by atoms with E-state index < -0.39 is 0 Å². The van der Waals surface area contributed by atoms with E-state index >= 15 is 0 Å². The number of nitrogens with one attached hydrogen (secondary N) is 1. The molecule has 0 bridgehead atoms. The van der Waals surface area contributed by atoms with Gasteiger partial charge in [0, 0.05) is 12.6 Å². The van der Waals surface area contributed by atoms with Gasteiger partial charge in [0.1, 0.15) is 0 Å². The van der Waals surface area contributed by atoms with Gasteiger partial charge in [-0.05, 0) is 60.0 Å². The average Bonchev–Trinajstić information content (AvgIpc) is 2.57. The maximum absolute atomic E-state index is 5.72. The Morgan fingerprint density at radius 2 is 1.74 bits per heavy atom. The van der Waals surface area contributed by atoms with Gasteiger partial charge >= 0.3 is 0 Å². The maximum Gasteiger partial charge on any atom is 0.175 e. The van der Waals surface area contributed by atoms with Crippen molar-refractivity contribution in [3.63, 3.8) is 0 Å². The summed E-state index contributed by atoms with van der Waals surface area (Å²) in [5.74, 6) is 1.56. The van der Waals surface area contributed by atoms with Crippen molar-refractivity contribution in [2.45, 2.75) is 33.4 Å². The summed E-state index contributed by atoms with van der Waals surface area (Å²) in [6.45, 7) is 8.11. The summed E-state index contributed by atoms with van der Waals surface area (Å²) >= 11 is 3.59. The fourth-order valence-corrected chi connectivity index (χ4v) is 3.01. The molecule has 2 aromatic rings. The molecule has 124 valence electrons. The molecule has 0 radical (unpaired) electrons. The molecule has 0 aromatic heterocycles. The van der Waals surface area contributed by atoms with Crippen molar-refractivity contribution in [1.29, 1.82) is 0 Å². The van der Waals surface area contributed by atoms with Crippen molar-refractivity contribution >= 4 is 15.9 Å². The average molecular weight is 378 g/mol. The Morgan fingerprint density at radius 3 is 2.39 bits per heavy atom. The summed E-state index contributed by atoms with van der Waals surface area (Å²) in [4.78, 5) is 0. The predicted molar refractivity (Wildman–Crippen MR) is 98.2 cm³/mol. The molecule has 1 atom stereocenters. The minimum Gasteiger partial charge on any atom is -0.490 e. The number of hydrogen-bond acceptors (Lipinski definition) is 3. The van der Waals surface area contributed by atoms with Crippen molar-refractivity contribution in [2.24, 2.45) is 0 Å². The van der Waals surface area contributed by atoms with Crippen LogP contribution >= 0.6 is 15.9 Å². The minimum absolute atomic E-state index is 0.289. The molecule has 0 fully saturated rings. The third-order valence-electron chi connectivity index (χ3n) is 3.57. The zero-order valence-electron chi connectivity index (χ0n) is 13.9. The first-order valence-electron chi connectivity index (χ1n) is 8.02. The van der Waals surface area contributed by atoms with E-state index in [0.29, 0.717) is 13.2 Å². The fourth-order valence-electron chi connectivity index (χ4n) is 2.40. The molecular formula is C19H24BrNO2. The van der Waals surface area contributed by atoms with E-state index in [4.69, 9.17) is 9.47 Å². The normalized spacial score (nSPS) is 12.0. The topological polar surface area (TPSA) is 30.5 Å². The van der Waals surface area contributed by atoms with Gasteiger partial charge in [0.25, 0.3) is 0 Å². The van der Waals surface area contributed by atoms with Crippen molar-refractivity contribution in [3.05, 3.63) is 58.1 Å². The Labute approximate surface area is 147 Å². The zero-order chi connectivity index (χ0) is 16.7. The van der Waals surface area contributed by atoms with E-state index in [9.17, 15) is 0 Å². The van der Waals surface area contributed by atoms with E-state index in [2.05, 4.69) is 58.5 Å². The second kappa shape index (κ2) is 8.94. The highest BCUT2D eigenvalue weighted by atomic mass is 79.9. The predicted octanol–water partition coefficient (Wildman–Crippen LogP) is 5.10. The number of hydrogen-bond donors (Lipinski definition) is 1. The molecule has 0 spiro atoms. The summed E-state index contributed by atoms with van der Waals surface area (Å²) in [6.07, 6.45) is 0. The van der Waals surface area contributed by atoms with Gasteiger partial charge in [0.15, 0.2) is 11.5 Å². The van der Waals surface area contributed by atoms with Gasteiger partial charge in [-0.3, -0.25) is 0 Å². The Bertz CT molecular complexity index is 616. The van der Waals surface area contributed by atoms with Gasteiger partial charge in [-0.15, -0.1) is 0 Å². The van der Waals surface area contributed by atoms with Crippen LogP contribution in [0.2, 0.25) is 0 Å². The smallest absolute Gasteiger partial charge is 0.175 e. The van der Waals surface area contributed by atoms with Crippen LogP contribution in [0.5, 0.6) is 11.5 Å². The molecule has 0 saturated carbocycles. The molecule has 23 heavy (non-hydrogen) atoms. The van der Waals surface area contributed by atoms with Crippen molar-refractivity contribution < 1.29 is 9.47 Å². The highest BCUT2D eigenvalue weighted by molar-refractivity contribution is 9.10. The van der Waals surface area contributed by atoms with Crippen LogP contribution in [0.3, 0.4) is 0 Å². The van der Waals surface area contributed by atoms with Gasteiger partial charge in [-0.25, -0.2) is 0 Å². The van der Waals surface area contributed by atoms with E-state index in [1.165, 1.54) is 5.56 Å². The molecule has 2 aromatic carbocycles. The van der Waals surface area contributed by atoms with Crippen molar-refractivity contribution in [2.75, 3.05) is 13.2 Å². The fraction of sp³-hybridized carbons (Fsp3) is 0.368. The lowest BCUT2D eigenvalue weighted by atomic mass is 10.1. The maximum atomic E-state index is 5.72. The Kier molecular flexibility index (Phi) is 6.93. The second-order valence-electron chi connectivity index (χ2n) is 5.28. The van der Waals surface area contributed by atoms with Crippen LogP contribution in [-0.2, 0) is 6.54 Å². The van der Waals surface area contributed by atoms with Crippen LogP contribution in [0.1, 0.15) is 37.9 Å². The lowest BCUT2D eigenvalue weighted by Gasteiger charge is -2.17. The molecule has 0 heterocycles. The monoisotopic (exact) mass is 377 g/mol. The number of halogens is 1. The standard InChI is InChI=1S/C19H24BrNO2/c1-4-22-18-12-15(11-17(20)19(18)23-5-2)13-21-14(3)16-9-7-6-8-10-16/h6-12,14,21H,4-5,13H2,1-3H3. The molecule has 1 unspecified atom stereocenters. The van der Waals surface area contributed by atoms with Crippen LogP contribution in [0.4, 0.5) is 0 Å². The van der Waals surface area contributed by atoms with Crippen molar-refractivity contribution in [1.82, 2.24) is 5.32 Å². The van der Waals surface area contributed by atoms with Gasteiger partial charge in [-0.1, -0.05) is 30.3 Å². The van der Waals surface area contributed by atoms with E-state index in [1.54, 1.807) is 0 Å². The molecule has 0 saturated heterocycles. The number of rotatable bonds is 8. The summed E-state index contributed by atoms with van der Waals surface area (Å²) in [6, 6.07) is 14.9. The molecule has 0 aliphatic carbocycles. The first-order valence-corrected chi connectivity index (χ1v) is 8.81. The Morgan fingerprint density at radius 1 is 1.04 bits per heavy atom. The SMILES string of the molecule is CCOc1cc(CNC(C)c2ccccc2)cc(Br)c1OCC. The molecule has 1 N–H and O–H groups in total. The van der Waals surface area contributed by atoms with Crippen LogP contribution in [0, 0.1) is 0 Å². The molecule has 0 aliphatic rings. The van der Waals surface area contributed by atoms with E-state index in [-0.39, 0.29) is 6.04 Å². The number of benzene rings is 2. The summed E-state index contributed by atoms with van der Waals surface area (Å²) < 4.78 is 12.3. The van der Waals surface area contributed by atoms with Gasteiger partial charge < -0.3 is 14.8 Å². The van der Waals surface area contributed by atoms with Gasteiger partial charge in [-0.2, -0.15) is 0 Å². The van der Waals surface area contributed by atoms with Crippen LogP contribution in [0.15, 0.2) is 46.9 Å². The molecule has 4 heteroatoms.